The van der Waals surface area contributed by atoms with Gasteiger partial charge in [-0.05, 0) is 50.6 Å². The van der Waals surface area contributed by atoms with E-state index in [1.54, 1.807) is 45.0 Å². The third-order valence-corrected chi connectivity index (χ3v) is 3.74. The summed E-state index contributed by atoms with van der Waals surface area (Å²) in [5, 5.41) is 8.78. The Hall–Kier alpha value is -3.07. The molecule has 0 radical (unpaired) electrons. The number of carbonyl (C=O) groups is 2. The molecule has 2 rings (SSSR count). The van der Waals surface area contributed by atoms with E-state index in [2.05, 4.69) is 4.98 Å². The molecule has 0 saturated heterocycles. The first-order valence-corrected chi connectivity index (χ1v) is 7.37. The molecule has 6 heteroatoms. The Morgan fingerprint density at radius 3 is 2.38 bits per heavy atom. The van der Waals surface area contributed by atoms with E-state index in [1.165, 1.54) is 7.11 Å². The van der Waals surface area contributed by atoms with Crippen molar-refractivity contribution in [3.63, 3.8) is 0 Å². The number of ketones is 1. The first kappa shape index (κ1) is 17.3. The maximum absolute atomic E-state index is 12.6. The van der Waals surface area contributed by atoms with Crippen LogP contribution in [0, 0.1) is 25.2 Å². The summed E-state index contributed by atoms with van der Waals surface area (Å²) in [4.78, 5) is 27.3. The van der Waals surface area contributed by atoms with Crippen LogP contribution in [0.3, 0.4) is 0 Å². The number of rotatable bonds is 5. The van der Waals surface area contributed by atoms with Crippen molar-refractivity contribution in [3.8, 4) is 11.8 Å². The van der Waals surface area contributed by atoms with Gasteiger partial charge in [-0.25, -0.2) is 4.79 Å². The lowest BCUT2D eigenvalue weighted by Gasteiger charge is -2.13. The average Bonchev–Trinajstić information content (AvgIpc) is 2.88. The molecule has 0 amide bonds. The molecule has 24 heavy (non-hydrogen) atoms. The lowest BCUT2D eigenvalue weighted by Crippen LogP contribution is -2.25. The monoisotopic (exact) mass is 326 g/mol. The normalized spacial score (nSPS) is 11.5. The van der Waals surface area contributed by atoms with Crippen molar-refractivity contribution in [1.29, 1.82) is 5.26 Å². The molecular formula is C18H18N2O4. The van der Waals surface area contributed by atoms with E-state index < -0.39 is 12.1 Å². The molecular weight excluding hydrogens is 308 g/mol. The fourth-order valence-corrected chi connectivity index (χ4v) is 2.47. The average molecular weight is 326 g/mol. The summed E-state index contributed by atoms with van der Waals surface area (Å²) >= 11 is 0. The van der Waals surface area contributed by atoms with Gasteiger partial charge < -0.3 is 14.5 Å². The number of aryl methyl sites for hydroxylation is 1. The van der Waals surface area contributed by atoms with Crippen molar-refractivity contribution in [2.24, 2.45) is 0 Å². The zero-order chi connectivity index (χ0) is 17.9. The van der Waals surface area contributed by atoms with Crippen LogP contribution in [0.25, 0.3) is 0 Å². The molecule has 0 unspecified atom stereocenters. The van der Waals surface area contributed by atoms with Crippen LogP contribution in [-0.4, -0.2) is 30.0 Å². The topological polar surface area (TPSA) is 92.2 Å². The van der Waals surface area contributed by atoms with Crippen molar-refractivity contribution in [2.75, 3.05) is 7.11 Å². The molecule has 6 nitrogen and oxygen atoms in total. The number of ether oxygens (including phenoxy) is 2. The van der Waals surface area contributed by atoms with Gasteiger partial charge in [-0.1, -0.05) is 0 Å². The number of benzene rings is 1. The Kier molecular flexibility index (Phi) is 5.05. The largest absolute Gasteiger partial charge is 0.483 e. The van der Waals surface area contributed by atoms with Crippen LogP contribution >= 0.6 is 0 Å². The van der Waals surface area contributed by atoms with Crippen LogP contribution in [0.5, 0.6) is 5.75 Å². The third kappa shape index (κ3) is 3.30. The zero-order valence-corrected chi connectivity index (χ0v) is 14.0. The van der Waals surface area contributed by atoms with Gasteiger partial charge in [-0.3, -0.25) is 4.79 Å². The maximum atomic E-state index is 12.6. The highest BCUT2D eigenvalue weighted by Crippen LogP contribution is 2.22. The minimum absolute atomic E-state index is 0.268. The molecule has 0 aliphatic heterocycles. The van der Waals surface area contributed by atoms with E-state index in [4.69, 9.17) is 14.7 Å². The van der Waals surface area contributed by atoms with Crippen LogP contribution in [0.2, 0.25) is 0 Å². The second-order valence-electron chi connectivity index (χ2n) is 5.38. The highest BCUT2D eigenvalue weighted by Gasteiger charge is 2.26. The van der Waals surface area contributed by atoms with Crippen LogP contribution in [0.1, 0.15) is 44.6 Å². The van der Waals surface area contributed by atoms with Crippen molar-refractivity contribution >= 4 is 11.8 Å². The van der Waals surface area contributed by atoms with Gasteiger partial charge in [0.2, 0.25) is 5.78 Å². The van der Waals surface area contributed by atoms with Crippen LogP contribution < -0.4 is 4.74 Å². The van der Waals surface area contributed by atoms with Crippen molar-refractivity contribution in [3.05, 3.63) is 52.3 Å². The highest BCUT2D eigenvalue weighted by atomic mass is 16.5. The van der Waals surface area contributed by atoms with E-state index in [1.807, 2.05) is 6.07 Å². The van der Waals surface area contributed by atoms with Gasteiger partial charge in [-0.15, -0.1) is 0 Å². The number of nitrogens with zero attached hydrogens (tertiary/aromatic N) is 1. The van der Waals surface area contributed by atoms with Crippen molar-refractivity contribution in [2.45, 2.75) is 26.9 Å². The molecule has 1 aromatic carbocycles. The van der Waals surface area contributed by atoms with E-state index in [-0.39, 0.29) is 5.78 Å². The standard InChI is InChI=1S/C18H18N2O4/c1-10-15(18(22)23-4)11(2)20-16(10)17(21)12(3)24-14-7-5-13(9-19)6-8-14/h5-8,12,20H,1-4H3/t12-/m1/s1. The molecule has 0 aliphatic carbocycles. The third-order valence-electron chi connectivity index (χ3n) is 3.74. The predicted molar refractivity (Wildman–Crippen MR) is 87.2 cm³/mol. The molecule has 0 aliphatic rings. The van der Waals surface area contributed by atoms with Gasteiger partial charge in [0.05, 0.1) is 30.0 Å². The summed E-state index contributed by atoms with van der Waals surface area (Å²) in [5.41, 5.74) is 2.33. The summed E-state index contributed by atoms with van der Waals surface area (Å²) in [6.07, 6.45) is -0.750. The Balaban J connectivity index is 2.22. The number of nitrogens with one attached hydrogen (secondary N) is 1. The van der Waals surface area contributed by atoms with Crippen molar-refractivity contribution < 1.29 is 19.1 Å². The number of hydrogen-bond donors (Lipinski definition) is 1. The van der Waals surface area contributed by atoms with E-state index >= 15 is 0 Å². The van der Waals surface area contributed by atoms with Crippen LogP contribution in [0.15, 0.2) is 24.3 Å². The number of hydrogen-bond acceptors (Lipinski definition) is 5. The molecule has 1 atom stereocenters. The Labute approximate surface area is 140 Å². The highest BCUT2D eigenvalue weighted by molar-refractivity contribution is 6.03. The van der Waals surface area contributed by atoms with E-state index in [0.29, 0.717) is 33.8 Å². The summed E-state index contributed by atoms with van der Waals surface area (Å²) in [6, 6.07) is 8.52. The fourth-order valence-electron chi connectivity index (χ4n) is 2.47. The molecule has 0 fully saturated rings. The second-order valence-corrected chi connectivity index (χ2v) is 5.38. The minimum Gasteiger partial charge on any atom is -0.483 e. The van der Waals surface area contributed by atoms with Gasteiger partial charge in [0.25, 0.3) is 0 Å². The first-order valence-electron chi connectivity index (χ1n) is 7.37. The number of H-pyrrole nitrogens is 1. The number of aromatic amines is 1. The Morgan fingerprint density at radius 1 is 1.21 bits per heavy atom. The number of nitriles is 1. The molecule has 124 valence electrons. The van der Waals surface area contributed by atoms with Gasteiger partial charge >= 0.3 is 5.97 Å². The van der Waals surface area contributed by atoms with Crippen molar-refractivity contribution in [1.82, 2.24) is 4.98 Å². The summed E-state index contributed by atoms with van der Waals surface area (Å²) in [6.45, 7) is 5.04. The molecule has 0 spiro atoms. The van der Waals surface area contributed by atoms with Crippen LogP contribution in [-0.2, 0) is 4.74 Å². The first-order chi connectivity index (χ1) is 11.4. The molecule has 1 N–H and O–H groups in total. The Morgan fingerprint density at radius 2 is 1.83 bits per heavy atom. The van der Waals surface area contributed by atoms with Gasteiger partial charge in [-0.2, -0.15) is 5.26 Å². The van der Waals surface area contributed by atoms with E-state index in [0.717, 1.165) is 0 Å². The lowest BCUT2D eigenvalue weighted by atomic mass is 10.1. The summed E-state index contributed by atoms with van der Waals surface area (Å²) in [5.74, 6) is -0.264. The maximum Gasteiger partial charge on any atom is 0.339 e. The van der Waals surface area contributed by atoms with Gasteiger partial charge in [0.1, 0.15) is 5.75 Å². The Bertz CT molecular complexity index is 813. The van der Waals surface area contributed by atoms with Gasteiger partial charge in [0, 0.05) is 5.69 Å². The molecule has 2 aromatic rings. The zero-order valence-electron chi connectivity index (χ0n) is 14.0. The van der Waals surface area contributed by atoms with E-state index in [9.17, 15) is 9.59 Å². The fraction of sp³-hybridized carbons (Fsp3) is 0.278. The second kappa shape index (κ2) is 7.01. The SMILES string of the molecule is COC(=O)c1c(C)[nH]c(C(=O)[C@@H](C)Oc2ccc(C#N)cc2)c1C. The minimum atomic E-state index is -0.750. The number of esters is 1. The predicted octanol–water partition coefficient (Wildman–Crippen LogP) is 2.94. The molecule has 0 bridgehead atoms. The number of carbonyl (C=O) groups excluding carboxylic acids is 2. The smallest absolute Gasteiger partial charge is 0.339 e. The quantitative estimate of drug-likeness (QED) is 0.673. The molecule has 1 aromatic heterocycles. The summed E-state index contributed by atoms with van der Waals surface area (Å²) in [7, 11) is 1.30. The molecule has 0 saturated carbocycles. The van der Waals surface area contributed by atoms with Crippen LogP contribution in [0.4, 0.5) is 0 Å². The number of aromatic nitrogens is 1. The van der Waals surface area contributed by atoms with Gasteiger partial charge in [0.15, 0.2) is 6.10 Å². The number of Topliss-reactive ketones (excluding diaryl/α,β-unsaturated/α-hetero) is 1. The summed E-state index contributed by atoms with van der Waals surface area (Å²) < 4.78 is 10.4. The number of methoxy groups -OCH3 is 1. The molecule has 1 heterocycles. The lowest BCUT2D eigenvalue weighted by molar-refractivity contribution is 0.0599.